The Bertz CT molecular complexity index is 597. The van der Waals surface area contributed by atoms with Crippen LogP contribution >= 0.6 is 62.6 Å². The third kappa shape index (κ3) is 6.93. The summed E-state index contributed by atoms with van der Waals surface area (Å²) in [5, 5.41) is 11.9. The van der Waals surface area contributed by atoms with Crippen LogP contribution in [0, 0.1) is 6.92 Å². The van der Waals surface area contributed by atoms with Gasteiger partial charge < -0.3 is 10.6 Å². The summed E-state index contributed by atoms with van der Waals surface area (Å²) < 4.78 is 1.12. The first-order valence-electron chi connectivity index (χ1n) is 6.83. The minimum absolute atomic E-state index is 0. The monoisotopic (exact) mass is 514 g/mol. The predicted molar refractivity (Wildman–Crippen MR) is 111 cm³/mol. The molecule has 0 aliphatic heterocycles. The number of aryl methyl sites for hydroxylation is 1. The molecular formula is C14H20BrIN4S2. The molecule has 0 saturated carbocycles. The average molecular weight is 515 g/mol. The van der Waals surface area contributed by atoms with Crippen molar-refractivity contribution in [2.24, 2.45) is 4.99 Å². The molecule has 2 rings (SSSR count). The Balaban J connectivity index is 0.00000242. The van der Waals surface area contributed by atoms with E-state index in [1.165, 1.54) is 4.88 Å². The van der Waals surface area contributed by atoms with Crippen LogP contribution in [0.2, 0.25) is 0 Å². The number of aliphatic imine (C=N–C) groups is 1. The zero-order chi connectivity index (χ0) is 15.1. The van der Waals surface area contributed by atoms with Gasteiger partial charge in [-0.15, -0.1) is 46.7 Å². The standard InChI is InChI=1S/C14H19BrN4S2.HI/c1-3-16-14(18-7-13-6-11(15)8-21-13)17-5-4-12-9-20-10(2)19-12;/h6,8-9H,3-5,7H2,1-2H3,(H2,16,17,18);1H. The van der Waals surface area contributed by atoms with E-state index in [1.54, 1.807) is 22.7 Å². The van der Waals surface area contributed by atoms with Crippen LogP contribution in [0.4, 0.5) is 0 Å². The maximum Gasteiger partial charge on any atom is 0.191 e. The zero-order valence-corrected chi connectivity index (χ0v) is 18.1. The molecule has 8 heteroatoms. The molecule has 0 bridgehead atoms. The maximum absolute atomic E-state index is 4.60. The van der Waals surface area contributed by atoms with Gasteiger partial charge in [-0.25, -0.2) is 9.98 Å². The number of guanidine groups is 1. The molecule has 0 unspecified atom stereocenters. The minimum atomic E-state index is 0. The number of aromatic nitrogens is 1. The smallest absolute Gasteiger partial charge is 0.191 e. The van der Waals surface area contributed by atoms with Crippen LogP contribution < -0.4 is 10.6 Å². The first kappa shape index (κ1) is 19.9. The van der Waals surface area contributed by atoms with Gasteiger partial charge in [0.05, 0.1) is 17.2 Å². The molecule has 0 atom stereocenters. The molecule has 2 N–H and O–H groups in total. The fourth-order valence-electron chi connectivity index (χ4n) is 1.77. The Hall–Kier alpha value is -0.190. The highest BCUT2D eigenvalue weighted by atomic mass is 127. The van der Waals surface area contributed by atoms with Crippen molar-refractivity contribution in [2.45, 2.75) is 26.8 Å². The van der Waals surface area contributed by atoms with Gasteiger partial charge in [0.2, 0.25) is 0 Å². The van der Waals surface area contributed by atoms with Gasteiger partial charge in [-0.3, -0.25) is 0 Å². The number of hydrogen-bond donors (Lipinski definition) is 2. The van der Waals surface area contributed by atoms with Gasteiger partial charge in [-0.05, 0) is 35.8 Å². The summed E-state index contributed by atoms with van der Waals surface area (Å²) in [6.07, 6.45) is 0.916. The van der Waals surface area contributed by atoms with Crippen molar-refractivity contribution in [3.05, 3.63) is 36.9 Å². The second-order valence-electron chi connectivity index (χ2n) is 4.46. The van der Waals surface area contributed by atoms with Gasteiger partial charge in [0.1, 0.15) is 0 Å². The summed E-state index contributed by atoms with van der Waals surface area (Å²) in [6, 6.07) is 2.11. The fraction of sp³-hybridized carbons (Fsp3) is 0.429. The highest BCUT2D eigenvalue weighted by Gasteiger charge is 2.01. The van der Waals surface area contributed by atoms with Crippen molar-refractivity contribution in [1.82, 2.24) is 15.6 Å². The largest absolute Gasteiger partial charge is 0.357 e. The lowest BCUT2D eigenvalue weighted by Crippen LogP contribution is -2.38. The summed E-state index contributed by atoms with van der Waals surface area (Å²) in [4.78, 5) is 10.3. The normalized spacial score (nSPS) is 11.1. The Morgan fingerprint density at radius 2 is 2.14 bits per heavy atom. The lowest BCUT2D eigenvalue weighted by molar-refractivity contribution is 0.791. The molecule has 0 aromatic carbocycles. The summed E-state index contributed by atoms with van der Waals surface area (Å²) in [5.41, 5.74) is 1.14. The number of nitrogens with zero attached hydrogens (tertiary/aromatic N) is 2. The van der Waals surface area contributed by atoms with Crippen molar-refractivity contribution in [3.63, 3.8) is 0 Å². The predicted octanol–water partition coefficient (Wildman–Crippen LogP) is 4.19. The molecule has 0 radical (unpaired) electrons. The van der Waals surface area contributed by atoms with Crippen molar-refractivity contribution in [2.75, 3.05) is 13.1 Å². The fourth-order valence-corrected chi connectivity index (χ4v) is 3.79. The van der Waals surface area contributed by atoms with Crippen molar-refractivity contribution in [1.29, 1.82) is 0 Å². The van der Waals surface area contributed by atoms with Crippen LogP contribution in [0.25, 0.3) is 0 Å². The molecule has 0 aliphatic carbocycles. The first-order valence-corrected chi connectivity index (χ1v) is 9.38. The zero-order valence-electron chi connectivity index (χ0n) is 12.6. The van der Waals surface area contributed by atoms with E-state index in [0.717, 1.165) is 40.6 Å². The second-order valence-corrected chi connectivity index (χ2v) is 7.43. The first-order chi connectivity index (χ1) is 10.2. The Labute approximate surface area is 165 Å². The van der Waals surface area contributed by atoms with Crippen molar-refractivity contribution >= 4 is 68.5 Å². The van der Waals surface area contributed by atoms with E-state index in [0.29, 0.717) is 6.54 Å². The summed E-state index contributed by atoms with van der Waals surface area (Å²) in [7, 11) is 0. The van der Waals surface area contributed by atoms with Gasteiger partial charge in [-0.2, -0.15) is 0 Å². The molecule has 0 spiro atoms. The molecule has 0 amide bonds. The number of nitrogens with one attached hydrogen (secondary N) is 2. The summed E-state index contributed by atoms with van der Waals surface area (Å²) in [5.74, 6) is 0.856. The third-order valence-corrected chi connectivity index (χ3v) is 5.20. The Kier molecular flexibility index (Phi) is 9.53. The molecule has 0 saturated heterocycles. The Morgan fingerprint density at radius 1 is 1.32 bits per heavy atom. The molecule has 2 aromatic heterocycles. The summed E-state index contributed by atoms with van der Waals surface area (Å²) >= 11 is 6.87. The van der Waals surface area contributed by atoms with Gasteiger partial charge in [0.15, 0.2) is 5.96 Å². The van der Waals surface area contributed by atoms with Crippen LogP contribution in [-0.4, -0.2) is 24.0 Å². The van der Waals surface area contributed by atoms with Crippen LogP contribution in [0.3, 0.4) is 0 Å². The third-order valence-electron chi connectivity index (χ3n) is 2.70. The van der Waals surface area contributed by atoms with E-state index in [1.807, 2.05) is 6.92 Å². The minimum Gasteiger partial charge on any atom is -0.357 e. The van der Waals surface area contributed by atoms with E-state index in [4.69, 9.17) is 0 Å². The van der Waals surface area contributed by atoms with Crippen molar-refractivity contribution in [3.8, 4) is 0 Å². The van der Waals surface area contributed by atoms with Crippen molar-refractivity contribution < 1.29 is 0 Å². The lowest BCUT2D eigenvalue weighted by Gasteiger charge is -2.10. The quantitative estimate of drug-likeness (QED) is 0.345. The average Bonchev–Trinajstić information content (AvgIpc) is 3.05. The number of thiophene rings is 1. The maximum atomic E-state index is 4.60. The highest BCUT2D eigenvalue weighted by molar-refractivity contribution is 14.0. The van der Waals surface area contributed by atoms with E-state index in [2.05, 4.69) is 60.3 Å². The number of thiazole rings is 1. The van der Waals surface area contributed by atoms with E-state index in [-0.39, 0.29) is 24.0 Å². The molecule has 0 aliphatic rings. The van der Waals surface area contributed by atoms with E-state index >= 15 is 0 Å². The SMILES string of the molecule is CCNC(=NCc1cc(Br)cs1)NCCc1csc(C)n1.I. The molecule has 22 heavy (non-hydrogen) atoms. The number of rotatable bonds is 6. The van der Waals surface area contributed by atoms with Gasteiger partial charge in [-0.1, -0.05) is 0 Å². The van der Waals surface area contributed by atoms with Gasteiger partial charge >= 0.3 is 0 Å². The molecule has 0 fully saturated rings. The lowest BCUT2D eigenvalue weighted by atomic mass is 10.3. The summed E-state index contributed by atoms with van der Waals surface area (Å²) in [6.45, 7) is 6.50. The molecule has 2 aromatic rings. The molecule has 4 nitrogen and oxygen atoms in total. The van der Waals surface area contributed by atoms with Gasteiger partial charge in [0.25, 0.3) is 0 Å². The molecule has 122 valence electrons. The van der Waals surface area contributed by atoms with Crippen LogP contribution in [0.15, 0.2) is 26.3 Å². The Morgan fingerprint density at radius 3 is 2.73 bits per heavy atom. The number of halogens is 2. The van der Waals surface area contributed by atoms with Crippen LogP contribution in [0.1, 0.15) is 22.5 Å². The van der Waals surface area contributed by atoms with E-state index < -0.39 is 0 Å². The number of hydrogen-bond acceptors (Lipinski definition) is 4. The molecular weight excluding hydrogens is 495 g/mol. The highest BCUT2D eigenvalue weighted by Crippen LogP contribution is 2.20. The van der Waals surface area contributed by atoms with Crippen LogP contribution in [-0.2, 0) is 13.0 Å². The van der Waals surface area contributed by atoms with Gasteiger partial charge in [0, 0.05) is 39.6 Å². The molecule has 2 heterocycles. The van der Waals surface area contributed by atoms with Crippen LogP contribution in [0.5, 0.6) is 0 Å². The van der Waals surface area contributed by atoms with E-state index in [9.17, 15) is 0 Å². The topological polar surface area (TPSA) is 49.3 Å². The second kappa shape index (κ2) is 10.6.